The number of piperidine rings is 1. The highest BCUT2D eigenvalue weighted by Crippen LogP contribution is 2.24. The van der Waals surface area contributed by atoms with E-state index in [4.69, 9.17) is 0 Å². The maximum Gasteiger partial charge on any atom is 0.253 e. The van der Waals surface area contributed by atoms with E-state index in [2.05, 4.69) is 12.1 Å². The minimum absolute atomic E-state index is 0.0686. The van der Waals surface area contributed by atoms with Gasteiger partial charge in [0.2, 0.25) is 5.91 Å². The normalized spacial score (nSPS) is 20.5. The van der Waals surface area contributed by atoms with Crippen molar-refractivity contribution < 1.29 is 9.59 Å². The molecule has 2 aliphatic heterocycles. The van der Waals surface area contributed by atoms with Crippen molar-refractivity contribution in [3.8, 4) is 11.1 Å². The average molecular weight is 348 g/mol. The van der Waals surface area contributed by atoms with Crippen molar-refractivity contribution in [2.24, 2.45) is 0 Å². The van der Waals surface area contributed by atoms with Gasteiger partial charge in [0, 0.05) is 37.7 Å². The maximum atomic E-state index is 13.0. The minimum atomic E-state index is 0.0686. The number of rotatable bonds is 3. The molecule has 4 nitrogen and oxygen atoms in total. The Balaban J connectivity index is 1.51. The second kappa shape index (κ2) is 7.32. The summed E-state index contributed by atoms with van der Waals surface area (Å²) in [6, 6.07) is 18.1. The highest BCUT2D eigenvalue weighted by atomic mass is 16.2. The molecule has 2 aromatic rings. The lowest BCUT2D eigenvalue weighted by molar-refractivity contribution is -0.130. The number of amides is 2. The molecular formula is C22H24N2O2. The first-order valence-corrected chi connectivity index (χ1v) is 9.46. The van der Waals surface area contributed by atoms with Gasteiger partial charge in [-0.15, -0.1) is 0 Å². The Kier molecular flexibility index (Phi) is 4.74. The van der Waals surface area contributed by atoms with Gasteiger partial charge < -0.3 is 9.80 Å². The summed E-state index contributed by atoms with van der Waals surface area (Å²) >= 11 is 0. The van der Waals surface area contributed by atoms with E-state index >= 15 is 0 Å². The average Bonchev–Trinajstić information content (AvgIpc) is 3.14. The van der Waals surface area contributed by atoms with Crippen LogP contribution >= 0.6 is 0 Å². The predicted octanol–water partition coefficient (Wildman–Crippen LogP) is 3.58. The molecule has 0 aliphatic carbocycles. The lowest BCUT2D eigenvalue weighted by Gasteiger charge is -2.37. The number of hydrogen-bond acceptors (Lipinski definition) is 2. The van der Waals surface area contributed by atoms with Crippen molar-refractivity contribution in [1.82, 2.24) is 9.80 Å². The Bertz CT molecular complexity index is 803. The molecule has 0 radical (unpaired) electrons. The van der Waals surface area contributed by atoms with Crippen molar-refractivity contribution in [2.45, 2.75) is 31.7 Å². The van der Waals surface area contributed by atoms with Gasteiger partial charge in [-0.3, -0.25) is 9.59 Å². The Hall–Kier alpha value is -2.62. The fourth-order valence-corrected chi connectivity index (χ4v) is 4.09. The molecule has 2 amide bonds. The number of benzene rings is 2. The zero-order chi connectivity index (χ0) is 17.9. The van der Waals surface area contributed by atoms with Gasteiger partial charge in [-0.25, -0.2) is 0 Å². The van der Waals surface area contributed by atoms with Crippen LogP contribution in [0.2, 0.25) is 0 Å². The third-order valence-electron chi connectivity index (χ3n) is 5.45. The van der Waals surface area contributed by atoms with E-state index in [9.17, 15) is 9.59 Å². The van der Waals surface area contributed by atoms with Gasteiger partial charge in [0.05, 0.1) is 0 Å². The quantitative estimate of drug-likeness (QED) is 0.851. The number of carbonyl (C=O) groups excluding carboxylic acids is 2. The molecule has 4 heteroatoms. The summed E-state index contributed by atoms with van der Waals surface area (Å²) < 4.78 is 0. The second-order valence-corrected chi connectivity index (χ2v) is 7.18. The van der Waals surface area contributed by atoms with Crippen LogP contribution in [0, 0.1) is 0 Å². The maximum absolute atomic E-state index is 13.0. The van der Waals surface area contributed by atoms with Crippen LogP contribution in [0.3, 0.4) is 0 Å². The monoisotopic (exact) mass is 348 g/mol. The van der Waals surface area contributed by atoms with Crippen LogP contribution in [0.25, 0.3) is 11.1 Å². The minimum Gasteiger partial charge on any atom is -0.338 e. The van der Waals surface area contributed by atoms with Crippen molar-refractivity contribution in [3.63, 3.8) is 0 Å². The van der Waals surface area contributed by atoms with E-state index in [-0.39, 0.29) is 17.9 Å². The first-order chi connectivity index (χ1) is 12.7. The van der Waals surface area contributed by atoms with Crippen molar-refractivity contribution >= 4 is 11.8 Å². The van der Waals surface area contributed by atoms with Crippen LogP contribution in [0.5, 0.6) is 0 Å². The first kappa shape index (κ1) is 16.8. The van der Waals surface area contributed by atoms with Crippen LogP contribution < -0.4 is 0 Å². The van der Waals surface area contributed by atoms with Crippen molar-refractivity contribution in [3.05, 3.63) is 60.2 Å². The molecule has 0 aromatic heterocycles. The Labute approximate surface area is 154 Å². The molecule has 2 saturated heterocycles. The molecule has 134 valence electrons. The third-order valence-corrected chi connectivity index (χ3v) is 5.45. The molecule has 26 heavy (non-hydrogen) atoms. The molecule has 0 N–H and O–H groups in total. The summed E-state index contributed by atoms with van der Waals surface area (Å²) in [5, 5.41) is 0. The standard InChI is InChI=1S/C22H24N2O2/c25-21-12-6-14-24(21)20-11-5-13-23(16-20)22(26)19-10-4-9-18(15-19)17-7-2-1-3-8-17/h1-4,7-10,15,20H,5-6,11-14,16H2/t20-/m0/s1. The zero-order valence-corrected chi connectivity index (χ0v) is 14.9. The first-order valence-electron chi connectivity index (χ1n) is 9.46. The summed E-state index contributed by atoms with van der Waals surface area (Å²) in [5.41, 5.74) is 2.89. The van der Waals surface area contributed by atoms with Crippen LogP contribution in [-0.2, 0) is 4.79 Å². The van der Waals surface area contributed by atoms with E-state index < -0.39 is 0 Å². The van der Waals surface area contributed by atoms with Crippen LogP contribution in [-0.4, -0.2) is 47.3 Å². The molecule has 0 spiro atoms. The van der Waals surface area contributed by atoms with E-state index in [0.717, 1.165) is 49.0 Å². The predicted molar refractivity (Wildman–Crippen MR) is 102 cm³/mol. The lowest BCUT2D eigenvalue weighted by Crippen LogP contribution is -2.50. The molecule has 0 bridgehead atoms. The van der Waals surface area contributed by atoms with Gasteiger partial charge >= 0.3 is 0 Å². The topological polar surface area (TPSA) is 40.6 Å². The summed E-state index contributed by atoms with van der Waals surface area (Å²) in [5.74, 6) is 0.314. The van der Waals surface area contributed by atoms with E-state index in [0.29, 0.717) is 13.0 Å². The molecule has 1 atom stereocenters. The highest BCUT2D eigenvalue weighted by Gasteiger charge is 2.33. The third kappa shape index (κ3) is 3.36. The molecule has 0 saturated carbocycles. The molecule has 4 rings (SSSR count). The molecule has 2 fully saturated rings. The molecule has 2 aromatic carbocycles. The Morgan fingerprint density at radius 2 is 1.73 bits per heavy atom. The van der Waals surface area contributed by atoms with Crippen molar-refractivity contribution in [1.29, 1.82) is 0 Å². The summed E-state index contributed by atoms with van der Waals surface area (Å²) in [6.45, 7) is 2.27. The van der Waals surface area contributed by atoms with E-state index in [1.54, 1.807) is 0 Å². The molecule has 0 unspecified atom stereocenters. The smallest absolute Gasteiger partial charge is 0.253 e. The second-order valence-electron chi connectivity index (χ2n) is 7.18. The fourth-order valence-electron chi connectivity index (χ4n) is 4.09. The molecular weight excluding hydrogens is 324 g/mol. The van der Waals surface area contributed by atoms with E-state index in [1.165, 1.54) is 0 Å². The Morgan fingerprint density at radius 1 is 0.923 bits per heavy atom. The van der Waals surface area contributed by atoms with Gasteiger partial charge in [-0.1, -0.05) is 42.5 Å². The number of nitrogens with zero attached hydrogens (tertiary/aromatic N) is 2. The van der Waals surface area contributed by atoms with E-state index in [1.807, 2.05) is 52.3 Å². The van der Waals surface area contributed by atoms with Crippen LogP contribution in [0.4, 0.5) is 0 Å². The molecule has 2 heterocycles. The number of carbonyl (C=O) groups is 2. The van der Waals surface area contributed by atoms with Crippen LogP contribution in [0.1, 0.15) is 36.0 Å². The number of hydrogen-bond donors (Lipinski definition) is 0. The summed E-state index contributed by atoms with van der Waals surface area (Å²) in [4.78, 5) is 29.0. The number of likely N-dealkylation sites (tertiary alicyclic amines) is 2. The van der Waals surface area contributed by atoms with Gasteiger partial charge in [0.15, 0.2) is 0 Å². The molecule has 2 aliphatic rings. The van der Waals surface area contributed by atoms with Crippen LogP contribution in [0.15, 0.2) is 54.6 Å². The van der Waals surface area contributed by atoms with Gasteiger partial charge in [-0.2, -0.15) is 0 Å². The zero-order valence-electron chi connectivity index (χ0n) is 14.9. The Morgan fingerprint density at radius 3 is 2.50 bits per heavy atom. The highest BCUT2D eigenvalue weighted by molar-refractivity contribution is 5.95. The SMILES string of the molecule is O=C(c1cccc(-c2ccccc2)c1)N1CCC[C@H](N2CCCC2=O)C1. The fraction of sp³-hybridized carbons (Fsp3) is 0.364. The largest absolute Gasteiger partial charge is 0.338 e. The van der Waals surface area contributed by atoms with Crippen molar-refractivity contribution in [2.75, 3.05) is 19.6 Å². The lowest BCUT2D eigenvalue weighted by atomic mass is 10.0. The summed E-state index contributed by atoms with van der Waals surface area (Å²) in [7, 11) is 0. The summed E-state index contributed by atoms with van der Waals surface area (Å²) in [6.07, 6.45) is 3.56. The van der Waals surface area contributed by atoms with Gasteiger partial charge in [0.25, 0.3) is 5.91 Å². The van der Waals surface area contributed by atoms with Gasteiger partial charge in [-0.05, 0) is 42.5 Å². The van der Waals surface area contributed by atoms with Gasteiger partial charge in [0.1, 0.15) is 0 Å².